The maximum atomic E-state index is 11.9. The third-order valence-corrected chi connectivity index (χ3v) is 7.05. The van der Waals surface area contributed by atoms with Crippen LogP contribution in [0.15, 0.2) is 0 Å². The van der Waals surface area contributed by atoms with Gasteiger partial charge in [0.1, 0.15) is 0 Å². The van der Waals surface area contributed by atoms with Crippen molar-refractivity contribution < 1.29 is 28.6 Å². The van der Waals surface area contributed by atoms with Gasteiger partial charge in [0, 0.05) is 36.9 Å². The van der Waals surface area contributed by atoms with Gasteiger partial charge in [0.25, 0.3) is 0 Å². The number of amides is 4. The third-order valence-electron chi connectivity index (χ3n) is 5.54. The van der Waals surface area contributed by atoms with E-state index in [1.807, 2.05) is 11.8 Å². The van der Waals surface area contributed by atoms with Crippen LogP contribution in [0.4, 0.5) is 9.59 Å². The van der Waals surface area contributed by atoms with Crippen molar-refractivity contribution in [2.75, 3.05) is 38.7 Å². The van der Waals surface area contributed by atoms with Crippen LogP contribution in [-0.4, -0.2) is 80.3 Å². The molecule has 4 N–H and O–H groups in total. The van der Waals surface area contributed by atoms with Crippen molar-refractivity contribution in [2.24, 2.45) is 0 Å². The Morgan fingerprint density at radius 3 is 2.77 bits per heavy atom. The molecule has 3 aliphatic rings. The highest BCUT2D eigenvalue weighted by atomic mass is 32.2. The molecule has 0 spiro atoms. The lowest BCUT2D eigenvalue weighted by Gasteiger charge is -2.22. The molecule has 11 heteroatoms. The van der Waals surface area contributed by atoms with E-state index in [9.17, 15) is 14.4 Å². The summed E-state index contributed by atoms with van der Waals surface area (Å²) in [4.78, 5) is 34.9. The highest BCUT2D eigenvalue weighted by Gasteiger charge is 2.42. The number of ether oxygens (including phenoxy) is 3. The number of rotatable bonds is 12. The van der Waals surface area contributed by atoms with Crippen molar-refractivity contribution in [1.82, 2.24) is 21.3 Å². The number of fused-ring (bicyclic) bond motifs is 1. The molecule has 0 radical (unpaired) electrons. The smallest absolute Gasteiger partial charge is 0.409 e. The summed E-state index contributed by atoms with van der Waals surface area (Å²) in [5.74, 6) is 0.978. The summed E-state index contributed by atoms with van der Waals surface area (Å²) >= 11 is 1.89. The van der Waals surface area contributed by atoms with E-state index < -0.39 is 12.4 Å². The zero-order valence-corrected chi connectivity index (χ0v) is 18.7. The highest BCUT2D eigenvalue weighted by molar-refractivity contribution is 8.00. The van der Waals surface area contributed by atoms with Crippen LogP contribution in [0.2, 0.25) is 0 Å². The molecule has 31 heavy (non-hydrogen) atoms. The van der Waals surface area contributed by atoms with Crippen LogP contribution >= 0.6 is 11.8 Å². The number of alkyl carbamates (subject to hydrolysis) is 1. The fourth-order valence-electron chi connectivity index (χ4n) is 3.92. The zero-order chi connectivity index (χ0) is 21.9. The van der Waals surface area contributed by atoms with Crippen LogP contribution < -0.4 is 21.3 Å². The monoisotopic (exact) mass is 458 g/mol. The highest BCUT2D eigenvalue weighted by Crippen LogP contribution is 2.33. The van der Waals surface area contributed by atoms with Crippen LogP contribution in [0.25, 0.3) is 0 Å². The second kappa shape index (κ2) is 13.0. The molecule has 176 valence electrons. The number of carbonyl (C=O) groups is 3. The summed E-state index contributed by atoms with van der Waals surface area (Å²) in [6.07, 6.45) is 5.10. The summed E-state index contributed by atoms with van der Waals surface area (Å²) in [6.45, 7) is 2.16. The van der Waals surface area contributed by atoms with Gasteiger partial charge in [0.05, 0.1) is 31.9 Å². The lowest BCUT2D eigenvalue weighted by atomic mass is 10.0. The van der Waals surface area contributed by atoms with Crippen molar-refractivity contribution in [2.45, 2.75) is 68.6 Å². The molecular weight excluding hydrogens is 424 g/mol. The van der Waals surface area contributed by atoms with Crippen molar-refractivity contribution in [1.29, 1.82) is 0 Å². The van der Waals surface area contributed by atoms with E-state index in [1.54, 1.807) is 0 Å². The summed E-state index contributed by atoms with van der Waals surface area (Å²) in [5.41, 5.74) is 0. The third kappa shape index (κ3) is 8.38. The minimum atomic E-state index is -0.498. The van der Waals surface area contributed by atoms with Crippen LogP contribution in [0.5, 0.6) is 0 Å². The summed E-state index contributed by atoms with van der Waals surface area (Å²) < 4.78 is 15.9. The molecule has 0 aromatic carbocycles. The van der Waals surface area contributed by atoms with Crippen molar-refractivity contribution in [3.05, 3.63) is 0 Å². The normalized spacial score (nSPS) is 27.2. The quantitative estimate of drug-likeness (QED) is 0.255. The molecular formula is C20H34N4O6S. The standard InChI is InChI=1S/C20H34N4O6S/c25-16(6-2-1-5-15-18-14(13-31-15)23-19(26)24-18)21-8-11-28-12-9-22-20(27)30-17-7-3-4-10-29-17/h14-15,17-18H,1-13H2,(H,21,25)(H,22,27)(H2,23,24,26)/t14-,15-,17?,18-/m0/s1. The van der Waals surface area contributed by atoms with Gasteiger partial charge in [0.2, 0.25) is 12.2 Å². The van der Waals surface area contributed by atoms with Crippen LogP contribution in [0, 0.1) is 0 Å². The van der Waals surface area contributed by atoms with E-state index in [-0.39, 0.29) is 24.0 Å². The summed E-state index contributed by atoms with van der Waals surface area (Å²) in [6, 6.07) is 0.407. The molecule has 3 rings (SSSR count). The summed E-state index contributed by atoms with van der Waals surface area (Å²) in [7, 11) is 0. The number of urea groups is 1. The first-order valence-electron chi connectivity index (χ1n) is 11.2. The Balaban J connectivity index is 1.10. The van der Waals surface area contributed by atoms with E-state index in [4.69, 9.17) is 14.2 Å². The number of hydrogen-bond acceptors (Lipinski definition) is 7. The van der Waals surface area contributed by atoms with E-state index in [0.29, 0.717) is 44.6 Å². The molecule has 10 nitrogen and oxygen atoms in total. The largest absolute Gasteiger partial charge is 0.420 e. The molecule has 3 fully saturated rings. The Hall–Kier alpha value is -1.72. The Kier molecular flexibility index (Phi) is 10.0. The van der Waals surface area contributed by atoms with Crippen LogP contribution in [0.3, 0.4) is 0 Å². The Morgan fingerprint density at radius 2 is 1.97 bits per heavy atom. The second-order valence-electron chi connectivity index (χ2n) is 7.96. The summed E-state index contributed by atoms with van der Waals surface area (Å²) in [5, 5.41) is 11.8. The lowest BCUT2D eigenvalue weighted by Crippen LogP contribution is -2.36. The van der Waals surface area contributed by atoms with Crippen molar-refractivity contribution in [3.8, 4) is 0 Å². The minimum absolute atomic E-state index is 0.0190. The number of nitrogens with one attached hydrogen (secondary N) is 4. The van der Waals surface area contributed by atoms with Crippen molar-refractivity contribution >= 4 is 29.8 Å². The van der Waals surface area contributed by atoms with Crippen LogP contribution in [0.1, 0.15) is 44.9 Å². The molecule has 0 aromatic heterocycles. The number of unbranched alkanes of at least 4 members (excludes halogenated alkanes) is 1. The molecule has 0 aromatic rings. The minimum Gasteiger partial charge on any atom is -0.420 e. The maximum absolute atomic E-state index is 11.9. The maximum Gasteiger partial charge on any atom is 0.409 e. The molecule has 4 amide bonds. The topological polar surface area (TPSA) is 127 Å². The zero-order valence-electron chi connectivity index (χ0n) is 17.9. The molecule has 3 saturated heterocycles. The molecule has 3 aliphatic heterocycles. The molecule has 0 bridgehead atoms. The van der Waals surface area contributed by atoms with Crippen molar-refractivity contribution in [3.63, 3.8) is 0 Å². The van der Waals surface area contributed by atoms with Gasteiger partial charge in [-0.2, -0.15) is 11.8 Å². The predicted molar refractivity (Wildman–Crippen MR) is 116 cm³/mol. The molecule has 4 atom stereocenters. The number of carbonyl (C=O) groups excluding carboxylic acids is 3. The fourth-order valence-corrected chi connectivity index (χ4v) is 5.46. The van der Waals surface area contributed by atoms with Gasteiger partial charge < -0.3 is 35.5 Å². The van der Waals surface area contributed by atoms with Gasteiger partial charge in [-0.25, -0.2) is 9.59 Å². The lowest BCUT2D eigenvalue weighted by molar-refractivity contribution is -0.126. The van der Waals surface area contributed by atoms with Gasteiger partial charge in [0.15, 0.2) is 0 Å². The molecule has 0 saturated carbocycles. The first-order valence-corrected chi connectivity index (χ1v) is 12.3. The first-order chi connectivity index (χ1) is 15.1. The van der Waals surface area contributed by atoms with Crippen LogP contribution in [-0.2, 0) is 19.0 Å². The molecule has 3 heterocycles. The number of hydrogen-bond donors (Lipinski definition) is 4. The number of thioether (sulfide) groups is 1. The second-order valence-corrected chi connectivity index (χ2v) is 9.23. The molecule has 1 unspecified atom stereocenters. The van der Waals surface area contributed by atoms with Gasteiger partial charge in [-0.3, -0.25) is 4.79 Å². The van der Waals surface area contributed by atoms with E-state index >= 15 is 0 Å². The van der Waals surface area contributed by atoms with Gasteiger partial charge >= 0.3 is 12.1 Å². The van der Waals surface area contributed by atoms with E-state index in [1.165, 1.54) is 0 Å². The molecule has 0 aliphatic carbocycles. The average Bonchev–Trinajstić information content (AvgIpc) is 3.30. The Morgan fingerprint density at radius 1 is 1.13 bits per heavy atom. The predicted octanol–water partition coefficient (Wildman–Crippen LogP) is 1.10. The Bertz CT molecular complexity index is 604. The fraction of sp³-hybridized carbons (Fsp3) is 0.850. The van der Waals surface area contributed by atoms with Gasteiger partial charge in [-0.1, -0.05) is 6.42 Å². The Labute approximate surface area is 187 Å². The van der Waals surface area contributed by atoms with E-state index in [2.05, 4.69) is 21.3 Å². The van der Waals surface area contributed by atoms with E-state index in [0.717, 1.165) is 44.3 Å². The van der Waals surface area contributed by atoms with Gasteiger partial charge in [-0.05, 0) is 25.7 Å². The van der Waals surface area contributed by atoms with Gasteiger partial charge in [-0.15, -0.1) is 0 Å². The average molecular weight is 459 g/mol. The SMILES string of the molecule is O=C(CCCC[C@@H]1SC[C@@H]2NC(=O)N[C@@H]21)NCCOCCNC(=O)OC1CCCCO1. The first kappa shape index (κ1) is 23.9.